The van der Waals surface area contributed by atoms with Crippen LogP contribution in [0.3, 0.4) is 0 Å². The minimum absolute atomic E-state index is 0.112. The second-order valence-electron chi connectivity index (χ2n) is 4.59. The topological polar surface area (TPSA) is 71.1 Å². The first-order chi connectivity index (χ1) is 10.4. The molecular weight excluding hydrogens is 288 g/mol. The zero-order valence-electron chi connectivity index (χ0n) is 13.3. The van der Waals surface area contributed by atoms with Crippen molar-refractivity contribution in [2.75, 3.05) is 40.6 Å². The van der Waals surface area contributed by atoms with Crippen molar-refractivity contribution in [3.63, 3.8) is 0 Å². The minimum Gasteiger partial charge on any atom is -0.466 e. The highest BCUT2D eigenvalue weighted by atomic mass is 16.5. The van der Waals surface area contributed by atoms with Crippen LogP contribution in [0.15, 0.2) is 36.5 Å². The highest BCUT2D eigenvalue weighted by molar-refractivity contribution is 5.88. The van der Waals surface area contributed by atoms with E-state index in [-0.39, 0.29) is 24.4 Å². The van der Waals surface area contributed by atoms with E-state index in [4.69, 9.17) is 9.47 Å². The highest BCUT2D eigenvalue weighted by Crippen LogP contribution is 2.05. The molecule has 6 nitrogen and oxygen atoms in total. The lowest BCUT2D eigenvalue weighted by atomic mass is 10.2. The van der Waals surface area contributed by atoms with Crippen molar-refractivity contribution in [3.05, 3.63) is 36.5 Å². The van der Waals surface area contributed by atoms with E-state index in [1.807, 2.05) is 0 Å². The van der Waals surface area contributed by atoms with Crippen LogP contribution in [0.25, 0.3) is 0 Å². The molecule has 0 bridgehead atoms. The Kier molecular flexibility index (Phi) is 10.7. The summed E-state index contributed by atoms with van der Waals surface area (Å²) >= 11 is 0. The van der Waals surface area contributed by atoms with E-state index >= 15 is 0 Å². The van der Waals surface area contributed by atoms with Crippen molar-refractivity contribution < 1.29 is 28.5 Å². The third-order valence-corrected chi connectivity index (χ3v) is 2.63. The predicted molar refractivity (Wildman–Crippen MR) is 82.3 cm³/mol. The van der Waals surface area contributed by atoms with Gasteiger partial charge in [-0.05, 0) is 12.8 Å². The van der Waals surface area contributed by atoms with Gasteiger partial charge in [-0.15, -0.1) is 0 Å². The lowest BCUT2D eigenvalue weighted by molar-refractivity contribution is -0.137. The molecular formula is C16H24O6. The van der Waals surface area contributed by atoms with Gasteiger partial charge in [0.2, 0.25) is 0 Å². The summed E-state index contributed by atoms with van der Waals surface area (Å²) in [6.45, 7) is 12.1. The largest absolute Gasteiger partial charge is 0.466 e. The normalized spacial score (nSPS) is 9.91. The summed E-state index contributed by atoms with van der Waals surface area (Å²) in [5.74, 6) is -0.950. The Morgan fingerprint density at radius 2 is 1.32 bits per heavy atom. The van der Waals surface area contributed by atoms with Crippen molar-refractivity contribution in [1.29, 1.82) is 0 Å². The number of esters is 2. The van der Waals surface area contributed by atoms with Gasteiger partial charge in [-0.25, -0.2) is 9.59 Å². The molecule has 0 aliphatic heterocycles. The zero-order valence-corrected chi connectivity index (χ0v) is 13.3. The SMILES string of the molecule is C=C(CCCOCC(=C)C(=O)OC)COCC(=C)C(=O)OC. The molecule has 0 rings (SSSR count). The third-order valence-electron chi connectivity index (χ3n) is 2.63. The Balaban J connectivity index is 3.62. The zero-order chi connectivity index (χ0) is 17.0. The van der Waals surface area contributed by atoms with Crippen LogP contribution in [0.2, 0.25) is 0 Å². The van der Waals surface area contributed by atoms with Crippen molar-refractivity contribution in [2.45, 2.75) is 12.8 Å². The standard InChI is InChI=1S/C16H24O6/c1-12(9-22-11-14(3)16(18)20-5)7-6-8-21-10-13(2)15(17)19-4/h1-3,6-11H2,4-5H3. The summed E-state index contributed by atoms with van der Waals surface area (Å²) in [5.41, 5.74) is 1.43. The highest BCUT2D eigenvalue weighted by Gasteiger charge is 2.07. The lowest BCUT2D eigenvalue weighted by Gasteiger charge is -2.09. The number of carbonyl (C=O) groups is 2. The van der Waals surface area contributed by atoms with Gasteiger partial charge in [0.1, 0.15) is 0 Å². The van der Waals surface area contributed by atoms with E-state index in [9.17, 15) is 9.59 Å². The van der Waals surface area contributed by atoms with Gasteiger partial charge in [0, 0.05) is 6.61 Å². The molecule has 6 heteroatoms. The summed E-state index contributed by atoms with van der Waals surface area (Å²) in [6, 6.07) is 0. The molecule has 0 saturated carbocycles. The molecule has 0 aliphatic carbocycles. The molecule has 0 aromatic heterocycles. The van der Waals surface area contributed by atoms with Gasteiger partial charge < -0.3 is 18.9 Å². The van der Waals surface area contributed by atoms with E-state index in [1.54, 1.807) is 0 Å². The minimum atomic E-state index is -0.482. The predicted octanol–water partition coefficient (Wildman–Crippen LogP) is 1.81. The summed E-state index contributed by atoms with van der Waals surface area (Å²) in [4.78, 5) is 22.1. The molecule has 0 aromatic carbocycles. The maximum absolute atomic E-state index is 11.1. The molecule has 0 aliphatic rings. The van der Waals surface area contributed by atoms with Crippen molar-refractivity contribution in [1.82, 2.24) is 0 Å². The van der Waals surface area contributed by atoms with Crippen LogP contribution in [0.4, 0.5) is 0 Å². The van der Waals surface area contributed by atoms with Crippen molar-refractivity contribution >= 4 is 11.9 Å². The van der Waals surface area contributed by atoms with Crippen LogP contribution in [0, 0.1) is 0 Å². The Bertz CT molecular complexity index is 424. The third kappa shape index (κ3) is 9.10. The second kappa shape index (κ2) is 11.7. The monoisotopic (exact) mass is 312 g/mol. The number of hydrogen-bond donors (Lipinski definition) is 0. The Labute approximate surface area is 131 Å². The van der Waals surface area contributed by atoms with Crippen molar-refractivity contribution in [2.24, 2.45) is 0 Å². The molecule has 0 fully saturated rings. The van der Waals surface area contributed by atoms with Gasteiger partial charge in [0.15, 0.2) is 0 Å². The molecule has 0 heterocycles. The van der Waals surface area contributed by atoms with Gasteiger partial charge in [-0.3, -0.25) is 0 Å². The average molecular weight is 312 g/mol. The molecule has 0 radical (unpaired) electrons. The molecule has 0 N–H and O–H groups in total. The number of methoxy groups -OCH3 is 2. The fourth-order valence-corrected chi connectivity index (χ4v) is 1.42. The van der Waals surface area contributed by atoms with Crippen LogP contribution >= 0.6 is 0 Å². The summed E-state index contributed by atoms with van der Waals surface area (Å²) < 4.78 is 19.6. The molecule has 0 saturated heterocycles. The Morgan fingerprint density at radius 1 is 0.818 bits per heavy atom. The average Bonchev–Trinajstić information content (AvgIpc) is 2.52. The summed E-state index contributed by atoms with van der Waals surface area (Å²) in [6.07, 6.45) is 1.46. The van der Waals surface area contributed by atoms with Gasteiger partial charge in [0.05, 0.1) is 45.2 Å². The first kappa shape index (κ1) is 20.1. The van der Waals surface area contributed by atoms with Crippen LogP contribution in [-0.4, -0.2) is 52.6 Å². The van der Waals surface area contributed by atoms with E-state index in [0.29, 0.717) is 13.2 Å². The molecule has 0 amide bonds. The van der Waals surface area contributed by atoms with Crippen molar-refractivity contribution in [3.8, 4) is 0 Å². The number of ether oxygens (including phenoxy) is 4. The molecule has 22 heavy (non-hydrogen) atoms. The molecule has 0 atom stereocenters. The molecule has 0 spiro atoms. The van der Waals surface area contributed by atoms with E-state index in [1.165, 1.54) is 14.2 Å². The maximum atomic E-state index is 11.1. The first-order valence-corrected chi connectivity index (χ1v) is 6.76. The smallest absolute Gasteiger partial charge is 0.335 e. The van der Waals surface area contributed by atoms with Gasteiger partial charge in [-0.2, -0.15) is 0 Å². The van der Waals surface area contributed by atoms with Gasteiger partial charge in [-0.1, -0.05) is 25.3 Å². The molecule has 0 aromatic rings. The first-order valence-electron chi connectivity index (χ1n) is 6.76. The number of rotatable bonds is 12. The van der Waals surface area contributed by atoms with Gasteiger partial charge in [0.25, 0.3) is 0 Å². The fourth-order valence-electron chi connectivity index (χ4n) is 1.42. The summed E-state index contributed by atoms with van der Waals surface area (Å²) in [5, 5.41) is 0. The van der Waals surface area contributed by atoms with E-state index in [2.05, 4.69) is 29.2 Å². The van der Waals surface area contributed by atoms with Gasteiger partial charge >= 0.3 is 11.9 Å². The molecule has 124 valence electrons. The molecule has 0 unspecified atom stereocenters. The number of carbonyl (C=O) groups excluding carboxylic acids is 2. The van der Waals surface area contributed by atoms with Crippen LogP contribution in [-0.2, 0) is 28.5 Å². The van der Waals surface area contributed by atoms with Crippen LogP contribution in [0.1, 0.15) is 12.8 Å². The maximum Gasteiger partial charge on any atom is 0.335 e. The fraction of sp³-hybridized carbons (Fsp3) is 0.500. The summed E-state index contributed by atoms with van der Waals surface area (Å²) in [7, 11) is 2.59. The quantitative estimate of drug-likeness (QED) is 0.237. The van der Waals surface area contributed by atoms with Crippen LogP contribution < -0.4 is 0 Å². The number of hydrogen-bond acceptors (Lipinski definition) is 6. The van der Waals surface area contributed by atoms with E-state index in [0.717, 1.165) is 18.4 Å². The lowest BCUT2D eigenvalue weighted by Crippen LogP contribution is -2.11. The van der Waals surface area contributed by atoms with Crippen LogP contribution in [0.5, 0.6) is 0 Å². The Morgan fingerprint density at radius 3 is 1.82 bits per heavy atom. The van der Waals surface area contributed by atoms with E-state index < -0.39 is 11.9 Å². The second-order valence-corrected chi connectivity index (χ2v) is 4.59. The Hall–Kier alpha value is -1.92.